The van der Waals surface area contributed by atoms with E-state index in [0.29, 0.717) is 48.0 Å². The summed E-state index contributed by atoms with van der Waals surface area (Å²) in [5.41, 5.74) is 8.97. The van der Waals surface area contributed by atoms with Gasteiger partial charge in [0.1, 0.15) is 11.9 Å². The minimum atomic E-state index is -0.124. The van der Waals surface area contributed by atoms with Gasteiger partial charge in [-0.25, -0.2) is 0 Å². The lowest BCUT2D eigenvalue weighted by molar-refractivity contribution is 0.214. The van der Waals surface area contributed by atoms with Crippen molar-refractivity contribution in [3.05, 3.63) is 23.8 Å². The van der Waals surface area contributed by atoms with E-state index in [2.05, 4.69) is 13.8 Å². The van der Waals surface area contributed by atoms with E-state index in [4.69, 9.17) is 21.3 Å². The quantitative estimate of drug-likeness (QED) is 0.727. The van der Waals surface area contributed by atoms with Crippen LogP contribution in [0.25, 0.3) is 0 Å². The molecule has 4 heteroatoms. The summed E-state index contributed by atoms with van der Waals surface area (Å²) in [6.07, 6.45) is 1.55. The molecule has 1 aromatic carbocycles. The van der Waals surface area contributed by atoms with Gasteiger partial charge in [0.2, 0.25) is 0 Å². The Labute approximate surface area is 114 Å². The Morgan fingerprint density at radius 2 is 1.84 bits per heavy atom. The number of hydrogen-bond donors (Lipinski definition) is 3. The molecule has 0 bridgehead atoms. The van der Waals surface area contributed by atoms with Gasteiger partial charge in [0.15, 0.2) is 0 Å². The molecule has 0 amide bonds. The highest BCUT2D eigenvalue weighted by Gasteiger charge is 2.23. The number of nitrogen functional groups attached to an aromatic ring is 1. The molecule has 0 spiro atoms. The monoisotopic (exact) mass is 259 g/mol. The van der Waals surface area contributed by atoms with Crippen LogP contribution in [-0.2, 0) is 0 Å². The summed E-state index contributed by atoms with van der Waals surface area (Å²) in [4.78, 5) is 0. The average molecular weight is 259 g/mol. The molecule has 4 N–H and O–H groups in total. The number of benzene rings is 1. The first kappa shape index (κ1) is 13.6. The maximum absolute atomic E-state index is 7.71. The predicted molar refractivity (Wildman–Crippen MR) is 78.7 cm³/mol. The SMILES string of the molecule is CC(C)c1ccc(OC2CC(=N)CC(=N)C2)c(N)c1. The van der Waals surface area contributed by atoms with Crippen LogP contribution in [0, 0.1) is 10.8 Å². The first-order chi connectivity index (χ1) is 8.95. The van der Waals surface area contributed by atoms with Gasteiger partial charge in [-0.3, -0.25) is 0 Å². The molecule has 1 aliphatic rings. The van der Waals surface area contributed by atoms with E-state index in [-0.39, 0.29) is 6.10 Å². The van der Waals surface area contributed by atoms with Crippen LogP contribution < -0.4 is 10.5 Å². The zero-order chi connectivity index (χ0) is 14.0. The fourth-order valence-electron chi connectivity index (χ4n) is 2.32. The normalized spacial score (nSPS) is 19.8. The molecule has 19 heavy (non-hydrogen) atoms. The van der Waals surface area contributed by atoms with Crippen LogP contribution in [-0.4, -0.2) is 17.5 Å². The second-order valence-electron chi connectivity index (χ2n) is 5.48. The summed E-state index contributed by atoms with van der Waals surface area (Å²) in [7, 11) is 0. The van der Waals surface area contributed by atoms with E-state index in [0.717, 1.165) is 0 Å². The summed E-state index contributed by atoms with van der Waals surface area (Å²) in [5.74, 6) is 1.10. The number of ether oxygens (including phenoxy) is 1. The van der Waals surface area contributed by atoms with Crippen LogP contribution in [0.2, 0.25) is 0 Å². The summed E-state index contributed by atoms with van der Waals surface area (Å²) >= 11 is 0. The average Bonchev–Trinajstić information content (AvgIpc) is 2.30. The maximum atomic E-state index is 7.71. The Balaban J connectivity index is 2.10. The van der Waals surface area contributed by atoms with Crippen molar-refractivity contribution in [2.24, 2.45) is 0 Å². The lowest BCUT2D eigenvalue weighted by Gasteiger charge is -2.25. The molecule has 0 saturated heterocycles. The molecule has 1 aromatic rings. The number of anilines is 1. The first-order valence-corrected chi connectivity index (χ1v) is 6.64. The minimum absolute atomic E-state index is 0.124. The van der Waals surface area contributed by atoms with Crippen molar-refractivity contribution in [1.82, 2.24) is 0 Å². The molecule has 0 aromatic heterocycles. The lowest BCUT2D eigenvalue weighted by Crippen LogP contribution is -2.30. The van der Waals surface area contributed by atoms with Crippen LogP contribution in [0.15, 0.2) is 18.2 Å². The molecule has 2 rings (SSSR count). The van der Waals surface area contributed by atoms with E-state index in [1.807, 2.05) is 18.2 Å². The molecule has 102 valence electrons. The Morgan fingerprint density at radius 1 is 1.21 bits per heavy atom. The zero-order valence-corrected chi connectivity index (χ0v) is 11.5. The molecule has 0 atom stereocenters. The number of nitrogens with two attached hydrogens (primary N) is 1. The van der Waals surface area contributed by atoms with Crippen LogP contribution in [0.3, 0.4) is 0 Å². The summed E-state index contributed by atoms with van der Waals surface area (Å²) in [6, 6.07) is 5.86. The molecule has 0 unspecified atom stereocenters. The lowest BCUT2D eigenvalue weighted by atomic mass is 9.94. The Kier molecular flexibility index (Phi) is 3.88. The van der Waals surface area contributed by atoms with Crippen molar-refractivity contribution >= 4 is 17.1 Å². The molecular formula is C15H21N3O. The van der Waals surface area contributed by atoms with Crippen LogP contribution >= 0.6 is 0 Å². The Hall–Kier alpha value is -1.84. The molecule has 0 aliphatic heterocycles. The highest BCUT2D eigenvalue weighted by molar-refractivity contribution is 6.04. The fourth-order valence-corrected chi connectivity index (χ4v) is 2.32. The minimum Gasteiger partial charge on any atom is -0.487 e. The van der Waals surface area contributed by atoms with Crippen molar-refractivity contribution < 1.29 is 4.74 Å². The second-order valence-corrected chi connectivity index (χ2v) is 5.48. The first-order valence-electron chi connectivity index (χ1n) is 6.64. The van der Waals surface area contributed by atoms with Gasteiger partial charge in [0, 0.05) is 30.7 Å². The predicted octanol–water partition coefficient (Wildman–Crippen LogP) is 3.36. The fraction of sp³-hybridized carbons (Fsp3) is 0.467. The van der Waals surface area contributed by atoms with E-state index >= 15 is 0 Å². The molecule has 0 heterocycles. The third-order valence-corrected chi connectivity index (χ3v) is 3.37. The summed E-state index contributed by atoms with van der Waals surface area (Å²) in [5, 5.41) is 15.4. The Bertz CT molecular complexity index is 492. The highest BCUT2D eigenvalue weighted by atomic mass is 16.5. The van der Waals surface area contributed by atoms with Crippen molar-refractivity contribution in [3.63, 3.8) is 0 Å². The third kappa shape index (κ3) is 3.34. The van der Waals surface area contributed by atoms with Crippen LogP contribution in [0.4, 0.5) is 5.69 Å². The van der Waals surface area contributed by atoms with E-state index in [1.165, 1.54) is 5.56 Å². The third-order valence-electron chi connectivity index (χ3n) is 3.37. The van der Waals surface area contributed by atoms with Gasteiger partial charge in [0.05, 0.1) is 5.69 Å². The van der Waals surface area contributed by atoms with Crippen molar-refractivity contribution in [3.8, 4) is 5.75 Å². The summed E-state index contributed by atoms with van der Waals surface area (Å²) in [6.45, 7) is 4.25. The van der Waals surface area contributed by atoms with E-state index in [1.54, 1.807) is 0 Å². The van der Waals surface area contributed by atoms with Crippen molar-refractivity contribution in [2.45, 2.75) is 45.1 Å². The Morgan fingerprint density at radius 3 is 2.37 bits per heavy atom. The van der Waals surface area contributed by atoms with Crippen molar-refractivity contribution in [2.75, 3.05) is 5.73 Å². The van der Waals surface area contributed by atoms with Gasteiger partial charge < -0.3 is 21.3 Å². The molecule has 1 fully saturated rings. The largest absolute Gasteiger partial charge is 0.487 e. The molecule has 4 nitrogen and oxygen atoms in total. The van der Waals surface area contributed by atoms with Gasteiger partial charge in [-0.15, -0.1) is 0 Å². The van der Waals surface area contributed by atoms with Crippen molar-refractivity contribution in [1.29, 1.82) is 10.8 Å². The second kappa shape index (κ2) is 5.43. The smallest absolute Gasteiger partial charge is 0.142 e. The van der Waals surface area contributed by atoms with E-state index < -0.39 is 0 Å². The van der Waals surface area contributed by atoms with Gasteiger partial charge in [-0.1, -0.05) is 19.9 Å². The topological polar surface area (TPSA) is 83.0 Å². The highest BCUT2D eigenvalue weighted by Crippen LogP contribution is 2.29. The maximum Gasteiger partial charge on any atom is 0.142 e. The number of rotatable bonds is 3. The standard InChI is InChI=1S/C15H21N3O/c1-9(2)10-3-4-15(14(18)5-10)19-13-7-11(16)6-12(17)8-13/h3-5,9,13,16-17H,6-8,18H2,1-2H3. The molecule has 0 radical (unpaired) electrons. The number of hydrogen-bond acceptors (Lipinski definition) is 4. The molecular weight excluding hydrogens is 238 g/mol. The van der Waals surface area contributed by atoms with Gasteiger partial charge in [0.25, 0.3) is 0 Å². The number of nitrogens with one attached hydrogen (secondary N) is 2. The van der Waals surface area contributed by atoms with Gasteiger partial charge >= 0.3 is 0 Å². The molecule has 1 saturated carbocycles. The zero-order valence-electron chi connectivity index (χ0n) is 11.5. The van der Waals surface area contributed by atoms with Crippen LogP contribution in [0.5, 0.6) is 5.75 Å². The summed E-state index contributed by atoms with van der Waals surface area (Å²) < 4.78 is 5.85. The van der Waals surface area contributed by atoms with E-state index in [9.17, 15) is 0 Å². The van der Waals surface area contributed by atoms with Crippen LogP contribution in [0.1, 0.15) is 44.6 Å². The van der Waals surface area contributed by atoms with Gasteiger partial charge in [-0.05, 0) is 23.6 Å². The van der Waals surface area contributed by atoms with Gasteiger partial charge in [-0.2, -0.15) is 0 Å². The molecule has 1 aliphatic carbocycles.